The van der Waals surface area contributed by atoms with Crippen LogP contribution in [0.3, 0.4) is 0 Å². The number of hydrogen-bond donors (Lipinski definition) is 0. The van der Waals surface area contributed by atoms with Gasteiger partial charge in [0.05, 0.1) is 23.4 Å². The molecule has 0 N–H and O–H groups in total. The summed E-state index contributed by atoms with van der Waals surface area (Å²) in [5.41, 5.74) is 1.97. The van der Waals surface area contributed by atoms with E-state index in [1.807, 2.05) is 26.0 Å². The van der Waals surface area contributed by atoms with E-state index in [0.29, 0.717) is 13.1 Å². The zero-order valence-electron chi connectivity index (χ0n) is 10.4. The van der Waals surface area contributed by atoms with Gasteiger partial charge in [-0.3, -0.25) is 9.13 Å². The average molecular weight is 242 g/mol. The highest BCUT2D eigenvalue weighted by Crippen LogP contribution is 2.21. The highest BCUT2D eigenvalue weighted by atomic mass is 16.1. The van der Waals surface area contributed by atoms with Crippen LogP contribution in [0.4, 0.5) is 0 Å². The molecule has 18 heavy (non-hydrogen) atoms. The minimum absolute atomic E-state index is 0.0474. The largest absolute Gasteiger partial charge is 0.329 e. The molecule has 0 aliphatic carbocycles. The Balaban J connectivity index is 2.53. The molecule has 3 aromatic rings. The van der Waals surface area contributed by atoms with Gasteiger partial charge in [-0.15, -0.1) is 0 Å². The first-order valence-electron chi connectivity index (χ1n) is 6.09. The lowest BCUT2D eigenvalue weighted by Crippen LogP contribution is -2.22. The first-order valence-corrected chi connectivity index (χ1v) is 6.09. The van der Waals surface area contributed by atoms with Gasteiger partial charge in [0.1, 0.15) is 0 Å². The Bertz CT molecular complexity index is 721. The van der Waals surface area contributed by atoms with Crippen LogP contribution in [0.15, 0.2) is 29.3 Å². The number of hydrogen-bond acceptors (Lipinski definition) is 3. The molecule has 0 bridgehead atoms. The molecule has 0 unspecified atom stereocenters. The second-order valence-electron chi connectivity index (χ2n) is 4.23. The second kappa shape index (κ2) is 3.94. The average Bonchev–Trinajstić information content (AvgIpc) is 2.66. The minimum Gasteiger partial charge on any atom is -0.292 e. The van der Waals surface area contributed by atoms with Crippen molar-refractivity contribution in [3.63, 3.8) is 0 Å². The standard InChI is InChI=1S/C13H14N4O/c1-3-16-11-5-9-7-14-15-8-10(9)6-12(11)17(4-2)13(16)18/h5-8H,3-4H2,1-2H3. The molecule has 3 rings (SSSR count). The normalized spacial score (nSPS) is 11.4. The van der Waals surface area contributed by atoms with E-state index >= 15 is 0 Å². The lowest BCUT2D eigenvalue weighted by molar-refractivity contribution is 0.671. The number of fused-ring (bicyclic) bond motifs is 2. The quantitative estimate of drug-likeness (QED) is 0.688. The highest BCUT2D eigenvalue weighted by Gasteiger charge is 2.11. The fourth-order valence-corrected chi connectivity index (χ4v) is 2.42. The smallest absolute Gasteiger partial charge is 0.292 e. The van der Waals surface area contributed by atoms with Gasteiger partial charge >= 0.3 is 5.69 Å². The molecule has 0 saturated heterocycles. The van der Waals surface area contributed by atoms with E-state index in [9.17, 15) is 4.79 Å². The zero-order chi connectivity index (χ0) is 12.7. The molecule has 0 radical (unpaired) electrons. The van der Waals surface area contributed by atoms with Crippen molar-refractivity contribution in [1.82, 2.24) is 19.3 Å². The van der Waals surface area contributed by atoms with E-state index in [2.05, 4.69) is 10.2 Å². The third kappa shape index (κ3) is 1.37. The van der Waals surface area contributed by atoms with Crippen molar-refractivity contribution >= 4 is 21.8 Å². The number of imidazole rings is 1. The Kier molecular flexibility index (Phi) is 2.40. The molecule has 5 heteroatoms. The zero-order valence-corrected chi connectivity index (χ0v) is 10.4. The third-order valence-corrected chi connectivity index (χ3v) is 3.32. The Morgan fingerprint density at radius 3 is 1.78 bits per heavy atom. The molecule has 0 saturated carbocycles. The maximum Gasteiger partial charge on any atom is 0.329 e. The van der Waals surface area contributed by atoms with Gasteiger partial charge < -0.3 is 0 Å². The van der Waals surface area contributed by atoms with Crippen LogP contribution in [-0.2, 0) is 13.1 Å². The fourth-order valence-electron chi connectivity index (χ4n) is 2.42. The van der Waals surface area contributed by atoms with Crippen molar-refractivity contribution in [2.24, 2.45) is 0 Å². The highest BCUT2D eigenvalue weighted by molar-refractivity contribution is 5.94. The predicted molar refractivity (Wildman–Crippen MR) is 70.6 cm³/mol. The van der Waals surface area contributed by atoms with E-state index < -0.39 is 0 Å². The molecule has 2 aromatic heterocycles. The van der Waals surface area contributed by atoms with Crippen molar-refractivity contribution in [3.8, 4) is 0 Å². The Morgan fingerprint density at radius 2 is 1.39 bits per heavy atom. The van der Waals surface area contributed by atoms with Crippen LogP contribution < -0.4 is 5.69 Å². The molecule has 0 aliphatic rings. The molecule has 1 aromatic carbocycles. The molecule has 92 valence electrons. The lowest BCUT2D eigenvalue weighted by atomic mass is 10.2. The van der Waals surface area contributed by atoms with Crippen LogP contribution in [0.5, 0.6) is 0 Å². The molecule has 2 heterocycles. The van der Waals surface area contributed by atoms with Crippen molar-refractivity contribution in [2.75, 3.05) is 0 Å². The maximum absolute atomic E-state index is 12.2. The Hall–Kier alpha value is -2.17. The summed E-state index contributed by atoms with van der Waals surface area (Å²) in [6, 6.07) is 4.02. The molecule has 0 spiro atoms. The van der Waals surface area contributed by atoms with Crippen molar-refractivity contribution in [1.29, 1.82) is 0 Å². The Morgan fingerprint density at radius 1 is 0.944 bits per heavy atom. The predicted octanol–water partition coefficient (Wildman–Crippen LogP) is 1.79. The summed E-state index contributed by atoms with van der Waals surface area (Å²) < 4.78 is 3.58. The van der Waals surface area contributed by atoms with Gasteiger partial charge in [0.2, 0.25) is 0 Å². The minimum atomic E-state index is 0.0474. The van der Waals surface area contributed by atoms with Crippen molar-refractivity contribution in [3.05, 3.63) is 35.0 Å². The first-order chi connectivity index (χ1) is 8.76. The summed E-state index contributed by atoms with van der Waals surface area (Å²) in [5.74, 6) is 0. The van der Waals surface area contributed by atoms with Crippen LogP contribution >= 0.6 is 0 Å². The molecule has 0 aliphatic heterocycles. The molecule has 0 atom stereocenters. The number of rotatable bonds is 2. The van der Waals surface area contributed by atoms with Gasteiger partial charge in [0, 0.05) is 23.9 Å². The number of benzene rings is 1. The molecule has 5 nitrogen and oxygen atoms in total. The van der Waals surface area contributed by atoms with Crippen molar-refractivity contribution in [2.45, 2.75) is 26.9 Å². The SMILES string of the molecule is CCn1c(=O)n(CC)c2cc3cnncc3cc21. The molecular weight excluding hydrogens is 228 g/mol. The fraction of sp³-hybridized carbons (Fsp3) is 0.308. The molecule has 0 amide bonds. The third-order valence-electron chi connectivity index (χ3n) is 3.32. The number of aryl methyl sites for hydroxylation is 2. The van der Waals surface area contributed by atoms with Crippen molar-refractivity contribution < 1.29 is 0 Å². The van der Waals surface area contributed by atoms with Gasteiger partial charge in [0.25, 0.3) is 0 Å². The number of aromatic nitrogens is 4. The summed E-state index contributed by atoms with van der Waals surface area (Å²) in [6.45, 7) is 5.31. The van der Waals surface area contributed by atoms with E-state index in [1.54, 1.807) is 21.5 Å². The van der Waals surface area contributed by atoms with E-state index in [4.69, 9.17) is 0 Å². The van der Waals surface area contributed by atoms with E-state index in [1.165, 1.54) is 0 Å². The maximum atomic E-state index is 12.2. The van der Waals surface area contributed by atoms with Crippen LogP contribution in [0.1, 0.15) is 13.8 Å². The second-order valence-corrected chi connectivity index (χ2v) is 4.23. The van der Waals surface area contributed by atoms with Gasteiger partial charge in [-0.05, 0) is 26.0 Å². The summed E-state index contributed by atoms with van der Waals surface area (Å²) in [6.07, 6.45) is 3.45. The molecule has 0 fully saturated rings. The number of nitrogens with zero attached hydrogens (tertiary/aromatic N) is 4. The summed E-state index contributed by atoms with van der Waals surface area (Å²) in [7, 11) is 0. The van der Waals surface area contributed by atoms with Crippen LogP contribution in [0.25, 0.3) is 21.8 Å². The van der Waals surface area contributed by atoms with Crippen LogP contribution in [0, 0.1) is 0 Å². The van der Waals surface area contributed by atoms with Crippen LogP contribution in [0.2, 0.25) is 0 Å². The van der Waals surface area contributed by atoms with Gasteiger partial charge in [-0.2, -0.15) is 10.2 Å². The van der Waals surface area contributed by atoms with Gasteiger partial charge in [-0.25, -0.2) is 4.79 Å². The lowest BCUT2D eigenvalue weighted by Gasteiger charge is -2.00. The summed E-state index contributed by atoms with van der Waals surface area (Å²) in [5, 5.41) is 9.78. The van der Waals surface area contributed by atoms with Gasteiger partial charge in [-0.1, -0.05) is 0 Å². The topological polar surface area (TPSA) is 52.7 Å². The van der Waals surface area contributed by atoms with E-state index in [-0.39, 0.29) is 5.69 Å². The monoisotopic (exact) mass is 242 g/mol. The van der Waals surface area contributed by atoms with E-state index in [0.717, 1.165) is 21.8 Å². The Labute approximate surface area is 104 Å². The summed E-state index contributed by atoms with van der Waals surface area (Å²) in [4.78, 5) is 12.2. The first kappa shape index (κ1) is 11.0. The van der Waals surface area contributed by atoms with Crippen LogP contribution in [-0.4, -0.2) is 19.3 Å². The molecular formula is C13H14N4O. The summed E-state index contributed by atoms with van der Waals surface area (Å²) >= 11 is 0. The van der Waals surface area contributed by atoms with Gasteiger partial charge in [0.15, 0.2) is 0 Å².